The average molecular weight is 657 g/mol. The highest BCUT2D eigenvalue weighted by Gasteiger charge is 2.37. The maximum Gasteiger partial charge on any atom is 0.434 e. The predicted octanol–water partition coefficient (Wildman–Crippen LogP) is 7.13. The molecule has 9 nitrogen and oxygen atoms in total. The fraction of sp³-hybridized carbons (Fsp3) is 0.424. The first-order chi connectivity index (χ1) is 22.0. The van der Waals surface area contributed by atoms with Gasteiger partial charge < -0.3 is 15.2 Å². The van der Waals surface area contributed by atoms with E-state index in [2.05, 4.69) is 20.6 Å². The molecule has 3 N–H and O–H groups in total. The van der Waals surface area contributed by atoms with Crippen LogP contribution in [0.1, 0.15) is 79.9 Å². The third-order valence-corrected chi connectivity index (χ3v) is 9.26. The Morgan fingerprint density at radius 3 is 2.57 bits per heavy atom. The van der Waals surface area contributed by atoms with Gasteiger partial charge in [-0.25, -0.2) is 19.6 Å². The molecule has 2 aromatic heterocycles. The molecule has 1 saturated carbocycles. The number of fused-ring (bicyclic) bond motifs is 1. The SMILES string of the molecule is CCNC(=O)Nc1cc(-c2nc(C(F)(F)F)cs2)c(-c2ccc3c(c2)C(=O)C(C(=O)OCC)=CCC[C@@H]3C2CCCC[C@@H]2O)cn1. The van der Waals surface area contributed by atoms with E-state index in [-0.39, 0.29) is 46.0 Å². The molecule has 1 unspecified atom stereocenters. The Bertz CT molecular complexity index is 1650. The van der Waals surface area contributed by atoms with Crippen molar-refractivity contribution < 1.29 is 37.4 Å². The predicted molar refractivity (Wildman–Crippen MR) is 167 cm³/mol. The van der Waals surface area contributed by atoms with Crippen molar-refractivity contribution in [3.63, 3.8) is 0 Å². The van der Waals surface area contributed by atoms with Crippen molar-refractivity contribution in [1.82, 2.24) is 15.3 Å². The van der Waals surface area contributed by atoms with Crippen LogP contribution in [0.3, 0.4) is 0 Å². The third kappa shape index (κ3) is 7.15. The van der Waals surface area contributed by atoms with E-state index in [0.29, 0.717) is 42.5 Å². The summed E-state index contributed by atoms with van der Waals surface area (Å²) in [7, 11) is 0. The lowest BCUT2D eigenvalue weighted by atomic mass is 9.70. The summed E-state index contributed by atoms with van der Waals surface area (Å²) >= 11 is 0.789. The van der Waals surface area contributed by atoms with Crippen LogP contribution in [0.4, 0.5) is 23.8 Å². The molecule has 2 aliphatic carbocycles. The van der Waals surface area contributed by atoms with E-state index in [9.17, 15) is 32.7 Å². The van der Waals surface area contributed by atoms with Gasteiger partial charge in [-0.3, -0.25) is 10.1 Å². The van der Waals surface area contributed by atoms with Gasteiger partial charge in [0.2, 0.25) is 0 Å². The Kier molecular flexibility index (Phi) is 10.2. The molecular weight excluding hydrogens is 621 g/mol. The summed E-state index contributed by atoms with van der Waals surface area (Å²) in [4.78, 5) is 47.3. The van der Waals surface area contributed by atoms with E-state index >= 15 is 0 Å². The Balaban J connectivity index is 1.66. The number of hydrogen-bond acceptors (Lipinski definition) is 8. The lowest BCUT2D eigenvalue weighted by Crippen LogP contribution is -2.31. The van der Waals surface area contributed by atoms with Crippen molar-refractivity contribution in [3.05, 3.63) is 64.3 Å². The molecule has 2 amide bonds. The minimum absolute atomic E-state index is 0.0389. The Hall–Kier alpha value is -4.10. The molecule has 1 fully saturated rings. The molecule has 1 aromatic carbocycles. The second-order valence-electron chi connectivity index (χ2n) is 11.3. The van der Waals surface area contributed by atoms with Gasteiger partial charge in [0.25, 0.3) is 0 Å². The molecule has 0 spiro atoms. The van der Waals surface area contributed by atoms with Crippen molar-refractivity contribution in [1.29, 1.82) is 0 Å². The highest BCUT2D eigenvalue weighted by atomic mass is 32.1. The molecule has 13 heteroatoms. The number of nitrogens with zero attached hydrogens (tertiary/aromatic N) is 2. The number of anilines is 1. The molecule has 244 valence electrons. The number of halogens is 3. The third-order valence-electron chi connectivity index (χ3n) is 8.38. The maximum absolute atomic E-state index is 14.1. The van der Waals surface area contributed by atoms with Crippen LogP contribution in [0.5, 0.6) is 0 Å². The number of aliphatic hydroxyl groups is 1. The number of nitrogens with one attached hydrogen (secondary N) is 2. The zero-order valence-corrected chi connectivity index (χ0v) is 26.3. The lowest BCUT2D eigenvalue weighted by Gasteiger charge is -2.36. The molecule has 2 aliphatic rings. The van der Waals surface area contributed by atoms with Crippen LogP contribution in [0.2, 0.25) is 0 Å². The number of ether oxygens (including phenoxy) is 1. The number of Topliss-reactive ketones (excluding diaryl/α,β-unsaturated/α-hetero) is 1. The number of carbonyl (C=O) groups is 3. The number of allylic oxidation sites excluding steroid dienone is 1. The van der Waals surface area contributed by atoms with E-state index in [1.54, 1.807) is 38.1 Å². The number of rotatable bonds is 7. The highest BCUT2D eigenvalue weighted by molar-refractivity contribution is 7.13. The summed E-state index contributed by atoms with van der Waals surface area (Å²) in [5.74, 6) is -1.39. The van der Waals surface area contributed by atoms with Crippen molar-refractivity contribution in [2.45, 2.75) is 70.6 Å². The number of thiazole rings is 1. The molecule has 0 aliphatic heterocycles. The number of hydrogen-bond donors (Lipinski definition) is 3. The summed E-state index contributed by atoms with van der Waals surface area (Å²) in [6.07, 6.45) is 2.24. The van der Waals surface area contributed by atoms with Crippen LogP contribution < -0.4 is 10.6 Å². The van der Waals surface area contributed by atoms with Gasteiger partial charge in [0.05, 0.1) is 12.7 Å². The van der Waals surface area contributed by atoms with Gasteiger partial charge >= 0.3 is 18.2 Å². The number of aromatic nitrogens is 2. The Morgan fingerprint density at radius 2 is 1.87 bits per heavy atom. The van der Waals surface area contributed by atoms with Crippen LogP contribution >= 0.6 is 11.3 Å². The summed E-state index contributed by atoms with van der Waals surface area (Å²) < 4.78 is 45.8. The van der Waals surface area contributed by atoms with Gasteiger partial charge in [-0.15, -0.1) is 11.3 Å². The Labute approximate surface area is 268 Å². The van der Waals surface area contributed by atoms with Gasteiger partial charge in [-0.05, 0) is 74.6 Å². The summed E-state index contributed by atoms with van der Waals surface area (Å²) in [6, 6.07) is 6.08. The molecule has 0 saturated heterocycles. The van der Waals surface area contributed by atoms with E-state index in [0.717, 1.165) is 36.0 Å². The van der Waals surface area contributed by atoms with E-state index in [1.807, 2.05) is 0 Å². The van der Waals surface area contributed by atoms with Gasteiger partial charge in [0, 0.05) is 34.8 Å². The number of urea groups is 1. The summed E-state index contributed by atoms with van der Waals surface area (Å²) in [5.41, 5.74) is 0.906. The number of ketones is 1. The highest BCUT2D eigenvalue weighted by Crippen LogP contribution is 2.44. The van der Waals surface area contributed by atoms with Crippen LogP contribution in [0.25, 0.3) is 21.7 Å². The standard InChI is InChI=1S/C33H35F3N4O5S/c1-3-37-32(44)40-28-15-24(30-39-27(17-46-30)33(34,35)36)25(16-38-28)18-12-13-20-19(21-8-5-6-11-26(21)41)9-7-10-22(31(43)45-4-2)29(42)23(20)14-18/h10,12-17,19,21,26,41H,3-9,11H2,1-2H3,(H2,37,38,40,44)/t19-,21?,26-/m0/s1. The van der Waals surface area contributed by atoms with Crippen molar-refractivity contribution >= 4 is 34.9 Å². The number of aliphatic hydroxyl groups excluding tert-OH is 1. The first-order valence-corrected chi connectivity index (χ1v) is 16.2. The van der Waals surface area contributed by atoms with E-state index < -0.39 is 35.8 Å². The van der Waals surface area contributed by atoms with Gasteiger partial charge in [-0.2, -0.15) is 13.2 Å². The van der Waals surface area contributed by atoms with Crippen LogP contribution in [0, 0.1) is 5.92 Å². The van der Waals surface area contributed by atoms with Crippen LogP contribution in [-0.4, -0.2) is 52.1 Å². The number of carbonyl (C=O) groups excluding carboxylic acids is 3. The second-order valence-corrected chi connectivity index (χ2v) is 12.2. The fourth-order valence-electron chi connectivity index (χ4n) is 6.26. The van der Waals surface area contributed by atoms with E-state index in [4.69, 9.17) is 4.74 Å². The van der Waals surface area contributed by atoms with Crippen LogP contribution in [-0.2, 0) is 15.7 Å². The number of pyridine rings is 1. The number of benzene rings is 1. The van der Waals surface area contributed by atoms with Crippen molar-refractivity contribution in [2.24, 2.45) is 5.92 Å². The summed E-state index contributed by atoms with van der Waals surface area (Å²) in [6.45, 7) is 3.83. The van der Waals surface area contributed by atoms with Crippen LogP contribution in [0.15, 0.2) is 47.5 Å². The Morgan fingerprint density at radius 1 is 1.09 bits per heavy atom. The minimum atomic E-state index is -4.66. The minimum Gasteiger partial charge on any atom is -0.462 e. The first-order valence-electron chi connectivity index (χ1n) is 15.3. The maximum atomic E-state index is 14.1. The number of amides is 2. The topological polar surface area (TPSA) is 131 Å². The first kappa shape index (κ1) is 33.3. The molecule has 0 bridgehead atoms. The molecule has 5 rings (SSSR count). The smallest absolute Gasteiger partial charge is 0.434 e. The largest absolute Gasteiger partial charge is 0.462 e. The van der Waals surface area contributed by atoms with Gasteiger partial charge in [0.15, 0.2) is 11.5 Å². The molecule has 2 heterocycles. The monoisotopic (exact) mass is 656 g/mol. The van der Waals surface area contributed by atoms with E-state index in [1.165, 1.54) is 12.3 Å². The lowest BCUT2D eigenvalue weighted by molar-refractivity contribution is -0.140. The molecular formula is C33H35F3N4O5S. The van der Waals surface area contributed by atoms with Gasteiger partial charge in [-0.1, -0.05) is 31.1 Å². The zero-order valence-electron chi connectivity index (χ0n) is 25.4. The fourth-order valence-corrected chi connectivity index (χ4v) is 7.12. The average Bonchev–Trinajstić information content (AvgIpc) is 3.52. The molecule has 0 radical (unpaired) electrons. The molecule has 3 aromatic rings. The second kappa shape index (κ2) is 14.1. The number of esters is 1. The zero-order chi connectivity index (χ0) is 33.0. The molecule has 3 atom stereocenters. The summed E-state index contributed by atoms with van der Waals surface area (Å²) in [5, 5.41) is 17.1. The van der Waals surface area contributed by atoms with Crippen molar-refractivity contribution in [2.75, 3.05) is 18.5 Å². The quantitative estimate of drug-likeness (QED) is 0.182. The van der Waals surface area contributed by atoms with Gasteiger partial charge in [0.1, 0.15) is 16.4 Å². The molecule has 46 heavy (non-hydrogen) atoms. The normalized spacial score (nSPS) is 20.2. The number of alkyl halides is 3. The van der Waals surface area contributed by atoms with Crippen molar-refractivity contribution in [3.8, 4) is 21.7 Å².